The van der Waals surface area contributed by atoms with E-state index in [4.69, 9.17) is 4.42 Å². The van der Waals surface area contributed by atoms with Crippen LogP contribution < -0.4 is 4.74 Å². The quantitative estimate of drug-likeness (QED) is 0.202. The number of aromatic nitrogens is 3. The summed E-state index contributed by atoms with van der Waals surface area (Å²) in [5.41, 5.74) is 1.61. The minimum absolute atomic E-state index is 0.121. The molecule has 12 heteroatoms. The molecular formula is C28H18F7N3O2. The average molecular weight is 561 g/mol. The van der Waals surface area contributed by atoms with Gasteiger partial charge in [0.2, 0.25) is 0 Å². The summed E-state index contributed by atoms with van der Waals surface area (Å²) in [5, 5.41) is 3.67. The summed E-state index contributed by atoms with van der Waals surface area (Å²) < 4.78 is 103. The van der Waals surface area contributed by atoms with Crippen molar-refractivity contribution in [2.24, 2.45) is 0 Å². The van der Waals surface area contributed by atoms with E-state index in [9.17, 15) is 30.7 Å². The average Bonchev–Trinajstić information content (AvgIpc) is 3.50. The van der Waals surface area contributed by atoms with Crippen molar-refractivity contribution in [3.63, 3.8) is 0 Å². The van der Waals surface area contributed by atoms with Gasteiger partial charge in [-0.15, -0.1) is 13.2 Å². The van der Waals surface area contributed by atoms with Gasteiger partial charge in [0.25, 0.3) is 0 Å². The number of oxazole rings is 1. The first-order chi connectivity index (χ1) is 18.8. The van der Waals surface area contributed by atoms with Crippen LogP contribution in [-0.4, -0.2) is 21.1 Å². The lowest BCUT2D eigenvalue weighted by Crippen LogP contribution is -2.16. The molecule has 0 aliphatic carbocycles. The van der Waals surface area contributed by atoms with E-state index in [1.54, 1.807) is 32.0 Å². The standard InChI is InChI=1S/C28H18F7N3O2/c1-15-11-19(13-20(29)12-15)18-5-8-23(38-10-9-24(37-38)27(30,31)32)22(14-18)26-25(36-16(2)39-26)17-3-6-21(7-4-17)40-28(33,34)35/h3-14H,1-2H3. The van der Waals surface area contributed by atoms with E-state index >= 15 is 0 Å². The van der Waals surface area contributed by atoms with Crippen LogP contribution in [0, 0.1) is 19.7 Å². The zero-order valence-corrected chi connectivity index (χ0v) is 20.7. The van der Waals surface area contributed by atoms with Gasteiger partial charge in [0.1, 0.15) is 17.3 Å². The Hall–Kier alpha value is -4.61. The van der Waals surface area contributed by atoms with E-state index in [1.807, 2.05) is 0 Å². The van der Waals surface area contributed by atoms with Gasteiger partial charge in [0.15, 0.2) is 17.3 Å². The minimum atomic E-state index is -4.87. The highest BCUT2D eigenvalue weighted by atomic mass is 19.4. The predicted octanol–water partition coefficient (Wildman–Crippen LogP) is 8.53. The maximum atomic E-state index is 14.2. The molecule has 0 atom stereocenters. The molecule has 0 saturated heterocycles. The molecular weight excluding hydrogens is 543 g/mol. The summed E-state index contributed by atoms with van der Waals surface area (Å²) in [6.45, 7) is 3.26. The summed E-state index contributed by atoms with van der Waals surface area (Å²) in [5.74, 6) is -0.607. The zero-order valence-electron chi connectivity index (χ0n) is 20.7. The Morgan fingerprint density at radius 2 is 1.50 bits per heavy atom. The number of aryl methyl sites for hydroxylation is 2. The third kappa shape index (κ3) is 5.70. The largest absolute Gasteiger partial charge is 0.573 e. The molecule has 5 rings (SSSR count). The zero-order chi connectivity index (χ0) is 28.8. The van der Waals surface area contributed by atoms with E-state index < -0.39 is 29.8 Å². The summed E-state index contributed by atoms with van der Waals surface area (Å²) in [4.78, 5) is 4.37. The molecule has 206 valence electrons. The van der Waals surface area contributed by atoms with Crippen LogP contribution in [0.2, 0.25) is 0 Å². The Labute approximate surface area is 222 Å². The fourth-order valence-corrected chi connectivity index (χ4v) is 4.23. The van der Waals surface area contributed by atoms with Crippen molar-refractivity contribution < 1.29 is 39.9 Å². The van der Waals surface area contributed by atoms with Crippen molar-refractivity contribution in [1.82, 2.24) is 14.8 Å². The highest BCUT2D eigenvalue weighted by molar-refractivity contribution is 5.84. The number of alkyl halides is 6. The van der Waals surface area contributed by atoms with Crippen LogP contribution in [0.4, 0.5) is 30.7 Å². The van der Waals surface area contributed by atoms with Crippen LogP contribution in [-0.2, 0) is 6.18 Å². The van der Waals surface area contributed by atoms with E-state index in [1.165, 1.54) is 30.3 Å². The first kappa shape index (κ1) is 27.0. The second-order valence-corrected chi connectivity index (χ2v) is 8.88. The van der Waals surface area contributed by atoms with E-state index in [0.717, 1.165) is 29.1 Å². The molecule has 0 bridgehead atoms. The maximum Gasteiger partial charge on any atom is 0.573 e. The number of hydrogen-bond acceptors (Lipinski definition) is 4. The van der Waals surface area contributed by atoms with Gasteiger partial charge in [-0.3, -0.25) is 0 Å². The Balaban J connectivity index is 1.68. The van der Waals surface area contributed by atoms with Crippen molar-refractivity contribution in [3.8, 4) is 45.1 Å². The molecule has 2 heterocycles. The lowest BCUT2D eigenvalue weighted by atomic mass is 9.97. The Kier molecular flexibility index (Phi) is 6.64. The second kappa shape index (κ2) is 9.85. The van der Waals surface area contributed by atoms with Gasteiger partial charge in [0.05, 0.1) is 5.69 Å². The minimum Gasteiger partial charge on any atom is -0.440 e. The van der Waals surface area contributed by atoms with Crippen LogP contribution >= 0.6 is 0 Å². The number of halogens is 7. The Bertz CT molecular complexity index is 1660. The van der Waals surface area contributed by atoms with Crippen molar-refractivity contribution in [1.29, 1.82) is 0 Å². The summed E-state index contributed by atoms with van der Waals surface area (Å²) in [6, 6.07) is 14.8. The highest BCUT2D eigenvalue weighted by Crippen LogP contribution is 2.39. The molecule has 0 fully saturated rings. The number of benzene rings is 3. The summed E-state index contributed by atoms with van der Waals surface area (Å²) >= 11 is 0. The van der Waals surface area contributed by atoms with Gasteiger partial charge >= 0.3 is 12.5 Å². The SMILES string of the molecule is Cc1cc(F)cc(-c2ccc(-n3ccc(C(F)(F)F)n3)c(-c3oc(C)nc3-c3ccc(OC(F)(F)F)cc3)c2)c1. The fourth-order valence-electron chi connectivity index (χ4n) is 4.23. The smallest absolute Gasteiger partial charge is 0.440 e. The summed E-state index contributed by atoms with van der Waals surface area (Å²) in [7, 11) is 0. The van der Waals surface area contributed by atoms with Crippen molar-refractivity contribution in [2.45, 2.75) is 26.4 Å². The fraction of sp³-hybridized carbons (Fsp3) is 0.143. The van der Waals surface area contributed by atoms with Gasteiger partial charge in [-0.25, -0.2) is 14.1 Å². The van der Waals surface area contributed by atoms with E-state index in [-0.39, 0.29) is 28.6 Å². The number of ether oxygens (including phenoxy) is 1. The molecule has 0 spiro atoms. The summed E-state index contributed by atoms with van der Waals surface area (Å²) in [6.07, 6.45) is -8.42. The van der Waals surface area contributed by atoms with Crippen LogP contribution in [0.1, 0.15) is 17.1 Å². The predicted molar refractivity (Wildman–Crippen MR) is 131 cm³/mol. The lowest BCUT2D eigenvalue weighted by Gasteiger charge is -2.13. The molecule has 0 N–H and O–H groups in total. The molecule has 0 unspecified atom stereocenters. The van der Waals surface area contributed by atoms with Gasteiger partial charge in [-0.05, 0) is 78.2 Å². The van der Waals surface area contributed by atoms with Crippen LogP contribution in [0.25, 0.3) is 39.4 Å². The van der Waals surface area contributed by atoms with Gasteiger partial charge in [0, 0.05) is 24.2 Å². The maximum absolute atomic E-state index is 14.2. The molecule has 0 aliphatic heterocycles. The van der Waals surface area contributed by atoms with Crippen LogP contribution in [0.5, 0.6) is 5.75 Å². The molecule has 3 aromatic carbocycles. The molecule has 5 nitrogen and oxygen atoms in total. The Morgan fingerprint density at radius 3 is 2.12 bits per heavy atom. The van der Waals surface area contributed by atoms with Crippen molar-refractivity contribution >= 4 is 0 Å². The molecule has 2 aromatic heterocycles. The third-order valence-electron chi connectivity index (χ3n) is 5.84. The van der Waals surface area contributed by atoms with Crippen molar-refractivity contribution in [3.05, 3.63) is 95.9 Å². The second-order valence-electron chi connectivity index (χ2n) is 8.88. The number of nitrogens with zero attached hydrogens (tertiary/aromatic N) is 3. The lowest BCUT2D eigenvalue weighted by molar-refractivity contribution is -0.274. The number of hydrogen-bond donors (Lipinski definition) is 0. The first-order valence-corrected chi connectivity index (χ1v) is 11.7. The molecule has 40 heavy (non-hydrogen) atoms. The van der Waals surface area contributed by atoms with Gasteiger partial charge < -0.3 is 9.15 Å². The molecule has 0 amide bonds. The Morgan fingerprint density at radius 1 is 0.800 bits per heavy atom. The van der Waals surface area contributed by atoms with Crippen LogP contribution in [0.3, 0.4) is 0 Å². The van der Waals surface area contributed by atoms with E-state index in [0.29, 0.717) is 22.3 Å². The molecule has 0 radical (unpaired) electrons. The first-order valence-electron chi connectivity index (χ1n) is 11.7. The molecule has 5 aromatic rings. The monoisotopic (exact) mass is 561 g/mol. The molecule has 0 aliphatic rings. The van der Waals surface area contributed by atoms with Gasteiger partial charge in [-0.2, -0.15) is 18.3 Å². The number of rotatable bonds is 5. The topological polar surface area (TPSA) is 53.1 Å². The van der Waals surface area contributed by atoms with E-state index in [2.05, 4.69) is 14.8 Å². The molecule has 0 saturated carbocycles. The van der Waals surface area contributed by atoms with Gasteiger partial charge in [-0.1, -0.05) is 12.1 Å². The third-order valence-corrected chi connectivity index (χ3v) is 5.84. The van der Waals surface area contributed by atoms with Crippen LogP contribution in [0.15, 0.2) is 77.3 Å². The highest BCUT2D eigenvalue weighted by Gasteiger charge is 2.34. The van der Waals surface area contributed by atoms with Crippen molar-refractivity contribution in [2.75, 3.05) is 0 Å². The normalized spacial score (nSPS) is 12.1.